The fraction of sp³-hybridized carbons (Fsp3) is 0.500. The lowest BCUT2D eigenvalue weighted by molar-refractivity contribution is -0.132. The van der Waals surface area contributed by atoms with Crippen molar-refractivity contribution >= 4 is 16.8 Å². The normalized spacial score (nSPS) is 15.7. The molecule has 1 fully saturated rings. The van der Waals surface area contributed by atoms with E-state index in [2.05, 4.69) is 15.6 Å². The van der Waals surface area contributed by atoms with Crippen molar-refractivity contribution in [2.75, 3.05) is 20.1 Å². The van der Waals surface area contributed by atoms with Crippen molar-refractivity contribution < 1.29 is 4.79 Å². The third-order valence-corrected chi connectivity index (χ3v) is 4.42. The van der Waals surface area contributed by atoms with Gasteiger partial charge < -0.3 is 10.2 Å². The molecule has 1 aliphatic heterocycles. The van der Waals surface area contributed by atoms with E-state index in [0.717, 1.165) is 25.9 Å². The predicted octanol–water partition coefficient (Wildman–Crippen LogP) is 0.392. The Morgan fingerprint density at radius 1 is 1.35 bits per heavy atom. The van der Waals surface area contributed by atoms with Crippen molar-refractivity contribution in [2.45, 2.75) is 31.8 Å². The lowest BCUT2D eigenvalue weighted by atomic mass is 10.1. The molecule has 0 unspecified atom stereocenters. The Kier molecular flexibility index (Phi) is 4.66. The standard InChI is InChI=1S/C16H21N5O2/c1-20(12-6-9-17-10-7-12)15(22)8-11-21-16(23)13-4-2-3-5-14(13)18-19-21/h2-5,12,17H,6-11H2,1H3. The number of carbonyl (C=O) groups is 1. The highest BCUT2D eigenvalue weighted by Gasteiger charge is 2.21. The molecule has 1 saturated heterocycles. The summed E-state index contributed by atoms with van der Waals surface area (Å²) >= 11 is 0. The van der Waals surface area contributed by atoms with Gasteiger partial charge in [0.1, 0.15) is 5.52 Å². The minimum absolute atomic E-state index is 0.0405. The van der Waals surface area contributed by atoms with Gasteiger partial charge in [0.15, 0.2) is 0 Å². The van der Waals surface area contributed by atoms with Crippen LogP contribution in [0, 0.1) is 0 Å². The topological polar surface area (TPSA) is 80.1 Å². The highest BCUT2D eigenvalue weighted by atomic mass is 16.2. The van der Waals surface area contributed by atoms with E-state index in [-0.39, 0.29) is 30.5 Å². The molecule has 0 radical (unpaired) electrons. The van der Waals surface area contributed by atoms with E-state index < -0.39 is 0 Å². The zero-order chi connectivity index (χ0) is 16.2. The van der Waals surface area contributed by atoms with Crippen LogP contribution in [0.4, 0.5) is 0 Å². The number of aryl methyl sites for hydroxylation is 1. The molecule has 1 amide bonds. The molecule has 1 N–H and O–H groups in total. The van der Waals surface area contributed by atoms with Crippen molar-refractivity contribution in [1.29, 1.82) is 0 Å². The third kappa shape index (κ3) is 3.39. The number of nitrogens with one attached hydrogen (secondary N) is 1. The summed E-state index contributed by atoms with van der Waals surface area (Å²) in [6.07, 6.45) is 2.20. The first-order valence-electron chi connectivity index (χ1n) is 7.96. The van der Waals surface area contributed by atoms with Gasteiger partial charge in [-0.3, -0.25) is 9.59 Å². The first-order valence-corrected chi connectivity index (χ1v) is 7.96. The first kappa shape index (κ1) is 15.6. The van der Waals surface area contributed by atoms with Gasteiger partial charge in [0.25, 0.3) is 5.56 Å². The fourth-order valence-corrected chi connectivity index (χ4v) is 2.95. The van der Waals surface area contributed by atoms with Gasteiger partial charge in [-0.1, -0.05) is 17.3 Å². The van der Waals surface area contributed by atoms with Gasteiger partial charge in [-0.05, 0) is 38.1 Å². The van der Waals surface area contributed by atoms with E-state index >= 15 is 0 Å². The van der Waals surface area contributed by atoms with Crippen LogP contribution in [0.3, 0.4) is 0 Å². The summed E-state index contributed by atoms with van der Waals surface area (Å²) in [5.74, 6) is 0.0405. The van der Waals surface area contributed by atoms with Crippen LogP contribution in [-0.2, 0) is 11.3 Å². The molecule has 122 valence electrons. The van der Waals surface area contributed by atoms with E-state index in [1.54, 1.807) is 23.1 Å². The summed E-state index contributed by atoms with van der Waals surface area (Å²) in [6, 6.07) is 7.38. The maximum absolute atomic E-state index is 12.3. The lowest BCUT2D eigenvalue weighted by Crippen LogP contribution is -2.44. The van der Waals surface area contributed by atoms with E-state index in [1.807, 2.05) is 13.1 Å². The molecule has 0 spiro atoms. The van der Waals surface area contributed by atoms with Crippen molar-refractivity contribution in [3.63, 3.8) is 0 Å². The Bertz CT molecular complexity index is 751. The van der Waals surface area contributed by atoms with Crippen LogP contribution in [-0.4, -0.2) is 52.0 Å². The van der Waals surface area contributed by atoms with Gasteiger partial charge in [-0.25, -0.2) is 4.68 Å². The lowest BCUT2D eigenvalue weighted by Gasteiger charge is -2.31. The Balaban J connectivity index is 1.67. The molecule has 3 rings (SSSR count). The minimum Gasteiger partial charge on any atom is -0.343 e. The molecule has 0 saturated carbocycles. The molecule has 1 aliphatic rings. The predicted molar refractivity (Wildman–Crippen MR) is 87.1 cm³/mol. The number of rotatable bonds is 4. The fourth-order valence-electron chi connectivity index (χ4n) is 2.95. The highest BCUT2D eigenvalue weighted by molar-refractivity contribution is 5.77. The van der Waals surface area contributed by atoms with Crippen LogP contribution >= 0.6 is 0 Å². The quantitative estimate of drug-likeness (QED) is 0.883. The number of hydrogen-bond donors (Lipinski definition) is 1. The molecule has 7 nitrogen and oxygen atoms in total. The number of fused-ring (bicyclic) bond motifs is 1. The number of benzene rings is 1. The van der Waals surface area contributed by atoms with Crippen molar-refractivity contribution in [3.05, 3.63) is 34.6 Å². The Hall–Kier alpha value is -2.28. The van der Waals surface area contributed by atoms with Gasteiger partial charge in [-0.2, -0.15) is 0 Å². The summed E-state index contributed by atoms with van der Waals surface area (Å²) < 4.78 is 1.27. The van der Waals surface area contributed by atoms with E-state index in [4.69, 9.17) is 0 Å². The zero-order valence-corrected chi connectivity index (χ0v) is 13.2. The summed E-state index contributed by atoms with van der Waals surface area (Å²) in [5.41, 5.74) is 0.375. The van der Waals surface area contributed by atoms with Crippen LogP contribution in [0.5, 0.6) is 0 Å². The van der Waals surface area contributed by atoms with Crippen molar-refractivity contribution in [2.24, 2.45) is 0 Å². The highest BCUT2D eigenvalue weighted by Crippen LogP contribution is 2.11. The second kappa shape index (κ2) is 6.87. The van der Waals surface area contributed by atoms with Gasteiger partial charge >= 0.3 is 0 Å². The number of carbonyl (C=O) groups excluding carboxylic acids is 1. The largest absolute Gasteiger partial charge is 0.343 e. The van der Waals surface area contributed by atoms with E-state index in [1.165, 1.54) is 4.68 Å². The monoisotopic (exact) mass is 315 g/mol. The third-order valence-electron chi connectivity index (χ3n) is 4.42. The van der Waals surface area contributed by atoms with E-state index in [0.29, 0.717) is 10.9 Å². The second-order valence-electron chi connectivity index (χ2n) is 5.87. The molecule has 23 heavy (non-hydrogen) atoms. The summed E-state index contributed by atoms with van der Waals surface area (Å²) in [7, 11) is 1.84. The SMILES string of the molecule is CN(C(=O)CCn1nnc2ccccc2c1=O)C1CCNCC1. The number of amides is 1. The molecule has 2 heterocycles. The molecule has 0 aliphatic carbocycles. The summed E-state index contributed by atoms with van der Waals surface area (Å²) in [4.78, 5) is 26.5. The number of piperidine rings is 1. The molecule has 1 aromatic heterocycles. The molecule has 1 aromatic carbocycles. The van der Waals surface area contributed by atoms with Gasteiger partial charge in [0.2, 0.25) is 5.91 Å². The Morgan fingerprint density at radius 2 is 2.09 bits per heavy atom. The minimum atomic E-state index is -0.201. The van der Waals surface area contributed by atoms with Gasteiger partial charge in [0, 0.05) is 19.5 Å². The van der Waals surface area contributed by atoms with E-state index in [9.17, 15) is 9.59 Å². The molecule has 0 bridgehead atoms. The van der Waals surface area contributed by atoms with Crippen LogP contribution in [0.25, 0.3) is 10.9 Å². The smallest absolute Gasteiger partial charge is 0.277 e. The van der Waals surface area contributed by atoms with Crippen molar-refractivity contribution in [3.8, 4) is 0 Å². The molecular weight excluding hydrogens is 294 g/mol. The summed E-state index contributed by atoms with van der Waals surface area (Å²) in [5, 5.41) is 11.8. The van der Waals surface area contributed by atoms with Crippen LogP contribution in [0.15, 0.2) is 29.1 Å². The van der Waals surface area contributed by atoms with Crippen LogP contribution in [0.2, 0.25) is 0 Å². The first-order chi connectivity index (χ1) is 11.2. The molecule has 2 aromatic rings. The number of aromatic nitrogens is 3. The number of nitrogens with zero attached hydrogens (tertiary/aromatic N) is 4. The van der Waals surface area contributed by atoms with Crippen LogP contribution < -0.4 is 10.9 Å². The molecular formula is C16H21N5O2. The van der Waals surface area contributed by atoms with Crippen molar-refractivity contribution in [1.82, 2.24) is 25.2 Å². The van der Waals surface area contributed by atoms with Crippen LogP contribution in [0.1, 0.15) is 19.3 Å². The number of hydrogen-bond acceptors (Lipinski definition) is 5. The summed E-state index contributed by atoms with van der Waals surface area (Å²) in [6.45, 7) is 2.14. The maximum Gasteiger partial charge on any atom is 0.277 e. The second-order valence-corrected chi connectivity index (χ2v) is 5.87. The molecule has 0 atom stereocenters. The van der Waals surface area contributed by atoms with Gasteiger partial charge in [-0.15, -0.1) is 5.10 Å². The molecule has 7 heteroatoms. The Labute approximate surface area is 134 Å². The zero-order valence-electron chi connectivity index (χ0n) is 13.2. The average molecular weight is 315 g/mol. The average Bonchev–Trinajstić information content (AvgIpc) is 2.61. The maximum atomic E-state index is 12.3. The van der Waals surface area contributed by atoms with Gasteiger partial charge in [0.05, 0.1) is 11.9 Å². The Morgan fingerprint density at radius 3 is 2.87 bits per heavy atom.